The first-order valence-corrected chi connectivity index (χ1v) is 8.27. The van der Waals surface area contributed by atoms with Crippen LogP contribution in [0.1, 0.15) is 46.0 Å². The summed E-state index contributed by atoms with van der Waals surface area (Å²) in [6.45, 7) is 4.62. The van der Waals surface area contributed by atoms with Gasteiger partial charge in [-0.05, 0) is 45.7 Å². The minimum atomic E-state index is -0.134. The van der Waals surface area contributed by atoms with Gasteiger partial charge in [0.1, 0.15) is 0 Å². The van der Waals surface area contributed by atoms with Crippen molar-refractivity contribution in [3.63, 3.8) is 0 Å². The van der Waals surface area contributed by atoms with E-state index in [1.54, 1.807) is 0 Å². The number of nitrogens with zero attached hydrogens (tertiary/aromatic N) is 1. The van der Waals surface area contributed by atoms with Crippen molar-refractivity contribution in [2.75, 3.05) is 27.2 Å². The highest BCUT2D eigenvalue weighted by molar-refractivity contribution is 5.74. The molecule has 124 valence electrons. The fourth-order valence-electron chi connectivity index (χ4n) is 3.05. The molecule has 1 fully saturated rings. The minimum absolute atomic E-state index is 0.0255. The van der Waals surface area contributed by atoms with Gasteiger partial charge in [0.15, 0.2) is 0 Å². The number of likely N-dealkylation sites (N-methyl/N-ethyl adjacent to an activating group) is 1. The van der Waals surface area contributed by atoms with Gasteiger partial charge in [-0.25, -0.2) is 4.79 Å². The number of hydrogen-bond acceptors (Lipinski definition) is 3. The molecule has 1 aliphatic carbocycles. The zero-order chi connectivity index (χ0) is 15.8. The van der Waals surface area contributed by atoms with E-state index in [1.165, 1.54) is 32.1 Å². The van der Waals surface area contributed by atoms with Crippen LogP contribution in [0.4, 0.5) is 4.79 Å². The predicted molar refractivity (Wildman–Crippen MR) is 86.3 cm³/mol. The van der Waals surface area contributed by atoms with Crippen LogP contribution in [-0.2, 0) is 0 Å². The van der Waals surface area contributed by atoms with Crippen molar-refractivity contribution in [2.24, 2.45) is 11.8 Å². The molecule has 1 aliphatic rings. The fraction of sp³-hybridized carbons (Fsp3) is 0.938. The molecule has 21 heavy (non-hydrogen) atoms. The molecule has 1 saturated carbocycles. The topological polar surface area (TPSA) is 64.6 Å². The molecule has 0 saturated heterocycles. The van der Waals surface area contributed by atoms with Crippen LogP contribution in [0.25, 0.3) is 0 Å². The van der Waals surface area contributed by atoms with Gasteiger partial charge in [0.25, 0.3) is 0 Å². The third kappa shape index (κ3) is 6.22. The van der Waals surface area contributed by atoms with E-state index in [0.717, 1.165) is 0 Å². The van der Waals surface area contributed by atoms with E-state index >= 15 is 0 Å². The Morgan fingerprint density at radius 2 is 1.86 bits per heavy atom. The number of carbonyl (C=O) groups is 1. The second kappa shape index (κ2) is 9.26. The Hall–Kier alpha value is -0.810. The molecule has 3 N–H and O–H groups in total. The van der Waals surface area contributed by atoms with E-state index in [2.05, 4.69) is 29.6 Å². The summed E-state index contributed by atoms with van der Waals surface area (Å²) in [7, 11) is 4.19. The van der Waals surface area contributed by atoms with Crippen LogP contribution < -0.4 is 10.6 Å². The molecular formula is C16H33N3O2. The maximum atomic E-state index is 12.0. The second-order valence-electron chi connectivity index (χ2n) is 6.73. The first kappa shape index (κ1) is 18.2. The molecule has 0 aromatic heterocycles. The first-order valence-electron chi connectivity index (χ1n) is 8.27. The van der Waals surface area contributed by atoms with Crippen LogP contribution in [0.5, 0.6) is 0 Å². The third-order valence-corrected chi connectivity index (χ3v) is 4.83. The summed E-state index contributed by atoms with van der Waals surface area (Å²) in [5, 5.41) is 15.0. The van der Waals surface area contributed by atoms with E-state index in [1.807, 2.05) is 13.8 Å². The normalized spacial score (nSPS) is 20.9. The van der Waals surface area contributed by atoms with E-state index in [9.17, 15) is 4.79 Å². The van der Waals surface area contributed by atoms with Crippen molar-refractivity contribution in [2.45, 2.75) is 58.0 Å². The molecule has 0 heterocycles. The lowest BCUT2D eigenvalue weighted by Crippen LogP contribution is -2.50. The molecule has 0 aromatic carbocycles. The van der Waals surface area contributed by atoms with Crippen LogP contribution in [0.3, 0.4) is 0 Å². The molecule has 0 radical (unpaired) electrons. The maximum absolute atomic E-state index is 12.0. The lowest BCUT2D eigenvalue weighted by atomic mass is 9.83. The number of amides is 2. The Morgan fingerprint density at radius 1 is 1.24 bits per heavy atom. The van der Waals surface area contributed by atoms with E-state index in [0.29, 0.717) is 18.5 Å². The molecule has 5 heteroatoms. The molecule has 0 spiro atoms. The molecule has 0 bridgehead atoms. The van der Waals surface area contributed by atoms with Gasteiger partial charge in [-0.3, -0.25) is 0 Å². The van der Waals surface area contributed by atoms with E-state index in [4.69, 9.17) is 5.11 Å². The number of aliphatic hydroxyl groups excluding tert-OH is 1. The maximum Gasteiger partial charge on any atom is 0.315 e. The Kier molecular flexibility index (Phi) is 8.04. The Balaban J connectivity index is 2.40. The molecule has 5 nitrogen and oxygen atoms in total. The van der Waals surface area contributed by atoms with Gasteiger partial charge in [-0.2, -0.15) is 0 Å². The number of urea groups is 1. The minimum Gasteiger partial charge on any atom is -0.396 e. The summed E-state index contributed by atoms with van der Waals surface area (Å²) in [6, 6.07) is 0.245. The van der Waals surface area contributed by atoms with Gasteiger partial charge < -0.3 is 20.6 Å². The number of hydrogen-bond donors (Lipinski definition) is 3. The van der Waals surface area contributed by atoms with Crippen molar-refractivity contribution in [1.29, 1.82) is 0 Å². The molecule has 1 rings (SSSR count). The molecule has 0 aromatic rings. The van der Waals surface area contributed by atoms with Gasteiger partial charge in [-0.15, -0.1) is 0 Å². The zero-order valence-electron chi connectivity index (χ0n) is 14.1. The first-order chi connectivity index (χ1) is 9.95. The third-order valence-electron chi connectivity index (χ3n) is 4.83. The van der Waals surface area contributed by atoms with Crippen molar-refractivity contribution in [1.82, 2.24) is 15.5 Å². The summed E-state index contributed by atoms with van der Waals surface area (Å²) in [5.74, 6) is 0.751. The lowest BCUT2D eigenvalue weighted by molar-refractivity contribution is 0.164. The molecule has 0 aliphatic heterocycles. The number of rotatable bonds is 7. The quantitative estimate of drug-likeness (QED) is 0.672. The summed E-state index contributed by atoms with van der Waals surface area (Å²) in [4.78, 5) is 14.2. The van der Waals surface area contributed by atoms with Crippen molar-refractivity contribution < 1.29 is 9.90 Å². The molecule has 3 unspecified atom stereocenters. The van der Waals surface area contributed by atoms with Crippen LogP contribution in [0.2, 0.25) is 0 Å². The summed E-state index contributed by atoms with van der Waals surface area (Å²) < 4.78 is 0. The fourth-order valence-corrected chi connectivity index (χ4v) is 3.05. The molecular weight excluding hydrogens is 266 g/mol. The monoisotopic (exact) mass is 299 g/mol. The standard InChI is InChI=1S/C16H33N3O2/c1-12(11-20)13(2)18-16(21)17-10-15(19(3)4)14-8-6-5-7-9-14/h12-15,20H,5-11H2,1-4H3,(H2,17,18,21). The van der Waals surface area contributed by atoms with Crippen molar-refractivity contribution in [3.05, 3.63) is 0 Å². The van der Waals surface area contributed by atoms with Crippen molar-refractivity contribution in [3.8, 4) is 0 Å². The van der Waals surface area contributed by atoms with E-state index < -0.39 is 0 Å². The molecule has 2 amide bonds. The van der Waals surface area contributed by atoms with Gasteiger partial charge in [0.2, 0.25) is 0 Å². The predicted octanol–water partition coefficient (Wildman–Crippen LogP) is 1.81. The Labute approximate surface area is 129 Å². The Morgan fingerprint density at radius 3 is 2.38 bits per heavy atom. The van der Waals surface area contributed by atoms with Crippen LogP contribution in [0, 0.1) is 11.8 Å². The molecule has 3 atom stereocenters. The SMILES string of the molecule is CC(CO)C(C)NC(=O)NCC(C1CCCCC1)N(C)C. The zero-order valence-corrected chi connectivity index (χ0v) is 14.1. The van der Waals surface area contributed by atoms with Crippen LogP contribution in [0.15, 0.2) is 0 Å². The highest BCUT2D eigenvalue weighted by Crippen LogP contribution is 2.27. The van der Waals surface area contributed by atoms with Gasteiger partial charge >= 0.3 is 6.03 Å². The summed E-state index contributed by atoms with van der Waals surface area (Å²) in [5.41, 5.74) is 0. The second-order valence-corrected chi connectivity index (χ2v) is 6.73. The van der Waals surface area contributed by atoms with Crippen molar-refractivity contribution >= 4 is 6.03 Å². The average molecular weight is 299 g/mol. The average Bonchev–Trinajstić information content (AvgIpc) is 2.47. The highest BCUT2D eigenvalue weighted by Gasteiger charge is 2.25. The van der Waals surface area contributed by atoms with Crippen LogP contribution >= 0.6 is 0 Å². The summed E-state index contributed by atoms with van der Waals surface area (Å²) in [6.07, 6.45) is 6.51. The van der Waals surface area contributed by atoms with Gasteiger partial charge in [-0.1, -0.05) is 26.2 Å². The van der Waals surface area contributed by atoms with Crippen LogP contribution in [-0.4, -0.2) is 55.4 Å². The van der Waals surface area contributed by atoms with E-state index in [-0.39, 0.29) is 24.6 Å². The lowest BCUT2D eigenvalue weighted by Gasteiger charge is -2.35. The largest absolute Gasteiger partial charge is 0.396 e. The number of nitrogens with one attached hydrogen (secondary N) is 2. The summed E-state index contributed by atoms with van der Waals surface area (Å²) >= 11 is 0. The van der Waals surface area contributed by atoms with Gasteiger partial charge in [0, 0.05) is 25.2 Å². The van der Waals surface area contributed by atoms with Gasteiger partial charge in [0.05, 0.1) is 0 Å². The highest BCUT2D eigenvalue weighted by atomic mass is 16.3. The number of aliphatic hydroxyl groups is 1. The Bertz CT molecular complexity index is 304. The number of carbonyl (C=O) groups excluding carboxylic acids is 1. The smallest absolute Gasteiger partial charge is 0.315 e.